The molecule has 3 rings (SSSR count). The zero-order chi connectivity index (χ0) is 19.6. The summed E-state index contributed by atoms with van der Waals surface area (Å²) in [6.07, 6.45) is 2.90. The van der Waals surface area contributed by atoms with E-state index in [0.717, 1.165) is 24.0 Å². The monoisotopic (exact) mass is 371 g/mol. The molecule has 27 heavy (non-hydrogen) atoms. The number of hydrogen-bond acceptors (Lipinski definition) is 3. The first-order valence-electron chi connectivity index (χ1n) is 9.41. The predicted octanol–water partition coefficient (Wildman–Crippen LogP) is 4.17. The van der Waals surface area contributed by atoms with Crippen molar-refractivity contribution in [2.45, 2.75) is 52.9 Å². The third-order valence-electron chi connectivity index (χ3n) is 5.05. The third kappa shape index (κ3) is 4.65. The molecule has 1 aromatic heterocycles. The average Bonchev–Trinajstić information content (AvgIpc) is 2.87. The summed E-state index contributed by atoms with van der Waals surface area (Å²) in [4.78, 5) is 24.9. The lowest BCUT2D eigenvalue weighted by atomic mass is 9.75. The molecule has 0 spiro atoms. The minimum atomic E-state index is -0.246. The molecule has 1 amide bonds. The van der Waals surface area contributed by atoms with Gasteiger partial charge in [0, 0.05) is 24.9 Å². The lowest BCUT2D eigenvalue weighted by Crippen LogP contribution is -2.29. The van der Waals surface area contributed by atoms with Gasteiger partial charge in [0.05, 0.1) is 12.0 Å². The Balaban J connectivity index is 1.55. The summed E-state index contributed by atoms with van der Waals surface area (Å²) in [7, 11) is 0. The molecular formula is C22H26FNO3. The number of hydrogen-bond donors (Lipinski definition) is 1. The van der Waals surface area contributed by atoms with Crippen molar-refractivity contribution in [1.29, 1.82) is 0 Å². The number of nitrogens with one attached hydrogen (secondary N) is 1. The SMILES string of the molecule is Cc1oc2c(c1CC(=O)NCCCc1ccc(F)cc1)C(=O)CC(C)(C)C2. The van der Waals surface area contributed by atoms with Crippen LogP contribution in [0, 0.1) is 18.2 Å². The summed E-state index contributed by atoms with van der Waals surface area (Å²) in [5, 5.41) is 2.90. The Hall–Kier alpha value is -2.43. The van der Waals surface area contributed by atoms with Crippen molar-refractivity contribution in [2.24, 2.45) is 5.41 Å². The molecule has 2 aromatic rings. The molecule has 0 fully saturated rings. The quantitative estimate of drug-likeness (QED) is 0.775. The van der Waals surface area contributed by atoms with Crippen LogP contribution in [-0.2, 0) is 24.1 Å². The molecule has 0 radical (unpaired) electrons. The molecule has 0 bridgehead atoms. The molecule has 5 heteroatoms. The van der Waals surface area contributed by atoms with Crippen molar-refractivity contribution in [3.8, 4) is 0 Å². The molecule has 1 aliphatic rings. The van der Waals surface area contributed by atoms with E-state index in [9.17, 15) is 14.0 Å². The van der Waals surface area contributed by atoms with Crippen molar-refractivity contribution in [1.82, 2.24) is 5.32 Å². The third-order valence-corrected chi connectivity index (χ3v) is 5.05. The standard InChI is InChI=1S/C22H26FNO3/c1-14-17(21-18(25)12-22(2,3)13-19(21)27-14)11-20(26)24-10-4-5-15-6-8-16(23)9-7-15/h6-9H,4-5,10-13H2,1-3H3,(H,24,26). The lowest BCUT2D eigenvalue weighted by Gasteiger charge is -2.27. The van der Waals surface area contributed by atoms with E-state index in [2.05, 4.69) is 19.2 Å². The van der Waals surface area contributed by atoms with Gasteiger partial charge in [-0.3, -0.25) is 9.59 Å². The maximum absolute atomic E-state index is 12.9. The van der Waals surface area contributed by atoms with Crippen molar-refractivity contribution >= 4 is 11.7 Å². The van der Waals surface area contributed by atoms with Gasteiger partial charge in [-0.15, -0.1) is 0 Å². The van der Waals surface area contributed by atoms with E-state index in [1.807, 2.05) is 6.92 Å². The summed E-state index contributed by atoms with van der Waals surface area (Å²) in [6.45, 7) is 6.46. The number of carbonyl (C=O) groups excluding carboxylic acids is 2. The van der Waals surface area contributed by atoms with Gasteiger partial charge >= 0.3 is 0 Å². The Morgan fingerprint density at radius 1 is 1.22 bits per heavy atom. The van der Waals surface area contributed by atoms with Gasteiger partial charge in [0.2, 0.25) is 5.91 Å². The predicted molar refractivity (Wildman–Crippen MR) is 101 cm³/mol. The molecule has 0 saturated heterocycles. The first-order valence-corrected chi connectivity index (χ1v) is 9.41. The van der Waals surface area contributed by atoms with Gasteiger partial charge in [-0.25, -0.2) is 4.39 Å². The Kier molecular flexibility index (Phi) is 5.49. The van der Waals surface area contributed by atoms with E-state index < -0.39 is 0 Å². The highest BCUT2D eigenvalue weighted by Gasteiger charge is 2.36. The Morgan fingerprint density at radius 2 is 1.93 bits per heavy atom. The number of Topliss-reactive ketones (excluding diaryl/α,β-unsaturated/α-hetero) is 1. The second-order valence-electron chi connectivity index (χ2n) is 8.13. The summed E-state index contributed by atoms with van der Waals surface area (Å²) in [5.41, 5.74) is 2.28. The van der Waals surface area contributed by atoms with E-state index in [-0.39, 0.29) is 29.3 Å². The Morgan fingerprint density at radius 3 is 2.63 bits per heavy atom. The first kappa shape index (κ1) is 19.3. The van der Waals surface area contributed by atoms with Gasteiger partial charge in [-0.2, -0.15) is 0 Å². The maximum atomic E-state index is 12.9. The number of carbonyl (C=O) groups is 2. The zero-order valence-corrected chi connectivity index (χ0v) is 16.2. The summed E-state index contributed by atoms with van der Waals surface area (Å²) < 4.78 is 18.7. The van der Waals surface area contributed by atoms with Crippen molar-refractivity contribution in [2.75, 3.05) is 6.54 Å². The molecule has 0 saturated carbocycles. The second-order valence-corrected chi connectivity index (χ2v) is 8.13. The molecule has 144 valence electrons. The van der Waals surface area contributed by atoms with Gasteiger partial charge < -0.3 is 9.73 Å². The molecule has 1 heterocycles. The number of ketones is 1. The molecule has 0 unspecified atom stereocenters. The highest BCUT2D eigenvalue weighted by atomic mass is 19.1. The van der Waals surface area contributed by atoms with Gasteiger partial charge in [0.25, 0.3) is 0 Å². The van der Waals surface area contributed by atoms with Crippen LogP contribution in [-0.4, -0.2) is 18.2 Å². The number of fused-ring (bicyclic) bond motifs is 1. The van der Waals surface area contributed by atoms with Crippen molar-refractivity contribution < 1.29 is 18.4 Å². The molecule has 0 atom stereocenters. The largest absolute Gasteiger partial charge is 0.465 e. The summed E-state index contributed by atoms with van der Waals surface area (Å²) in [5.74, 6) is 1.08. The smallest absolute Gasteiger partial charge is 0.224 e. The van der Waals surface area contributed by atoms with Crippen molar-refractivity contribution in [3.05, 3.63) is 58.3 Å². The van der Waals surface area contributed by atoms with Crippen LogP contribution in [0.4, 0.5) is 4.39 Å². The minimum absolute atomic E-state index is 0.0669. The normalized spacial score (nSPS) is 15.5. The van der Waals surface area contributed by atoms with Crippen LogP contribution in [0.3, 0.4) is 0 Å². The molecule has 4 nitrogen and oxygen atoms in total. The van der Waals surface area contributed by atoms with E-state index in [1.165, 1.54) is 12.1 Å². The molecule has 0 aliphatic heterocycles. The number of halogens is 1. The average molecular weight is 371 g/mol. The van der Waals surface area contributed by atoms with Gasteiger partial charge in [0.15, 0.2) is 5.78 Å². The summed E-state index contributed by atoms with van der Waals surface area (Å²) in [6, 6.07) is 6.39. The lowest BCUT2D eigenvalue weighted by molar-refractivity contribution is -0.120. The van der Waals surface area contributed by atoms with Gasteiger partial charge in [0.1, 0.15) is 17.3 Å². The highest BCUT2D eigenvalue weighted by Crippen LogP contribution is 2.38. The number of amides is 1. The zero-order valence-electron chi connectivity index (χ0n) is 16.2. The van der Waals surface area contributed by atoms with E-state index in [0.29, 0.717) is 36.5 Å². The minimum Gasteiger partial charge on any atom is -0.465 e. The fourth-order valence-electron chi connectivity index (χ4n) is 3.72. The topological polar surface area (TPSA) is 59.3 Å². The number of aryl methyl sites for hydroxylation is 2. The van der Waals surface area contributed by atoms with Crippen LogP contribution < -0.4 is 5.32 Å². The van der Waals surface area contributed by atoms with Gasteiger partial charge in [-0.1, -0.05) is 26.0 Å². The highest BCUT2D eigenvalue weighted by molar-refractivity contribution is 6.01. The molecule has 1 N–H and O–H groups in total. The van der Waals surface area contributed by atoms with Gasteiger partial charge in [-0.05, 0) is 42.9 Å². The van der Waals surface area contributed by atoms with Crippen molar-refractivity contribution in [3.63, 3.8) is 0 Å². The summed E-state index contributed by atoms with van der Waals surface area (Å²) >= 11 is 0. The first-order chi connectivity index (χ1) is 12.7. The van der Waals surface area contributed by atoms with Crippen LogP contribution in [0.5, 0.6) is 0 Å². The fourth-order valence-corrected chi connectivity index (χ4v) is 3.72. The van der Waals surface area contributed by atoms with E-state index in [1.54, 1.807) is 12.1 Å². The number of benzene rings is 1. The van der Waals surface area contributed by atoms with Crippen LogP contribution in [0.15, 0.2) is 28.7 Å². The van der Waals surface area contributed by atoms with E-state index >= 15 is 0 Å². The maximum Gasteiger partial charge on any atom is 0.224 e. The van der Waals surface area contributed by atoms with Crippen LogP contribution in [0.1, 0.15) is 59.7 Å². The van der Waals surface area contributed by atoms with E-state index in [4.69, 9.17) is 4.42 Å². The Labute approximate surface area is 159 Å². The molecular weight excluding hydrogens is 345 g/mol. The van der Waals surface area contributed by atoms with Crippen LogP contribution in [0.25, 0.3) is 0 Å². The number of rotatable bonds is 6. The van der Waals surface area contributed by atoms with Crippen LogP contribution >= 0.6 is 0 Å². The second kappa shape index (κ2) is 7.67. The van der Waals surface area contributed by atoms with Crippen LogP contribution in [0.2, 0.25) is 0 Å². The molecule has 1 aromatic carbocycles. The fraction of sp³-hybridized carbons (Fsp3) is 0.455. The Bertz CT molecular complexity index is 849. The number of furan rings is 1. The molecule has 1 aliphatic carbocycles.